The molecule has 1 aliphatic rings. The van der Waals surface area contributed by atoms with E-state index in [0.717, 1.165) is 11.1 Å². The highest BCUT2D eigenvalue weighted by atomic mass is 32.2. The van der Waals surface area contributed by atoms with Crippen LogP contribution in [0.4, 0.5) is 0 Å². The standard InChI is InChI=1S/C21H27NO5S/c1-5-21(16-8-11-18(26-3)19(12-16)27-4)14-22(13-20(21)23)28(24,25)17-9-6-15(2)7-10-17/h6-12,20,23H,5,13-14H2,1-4H3/t20-,21+/m1/s1. The summed E-state index contributed by atoms with van der Waals surface area (Å²) in [5, 5.41) is 10.9. The van der Waals surface area contributed by atoms with E-state index < -0.39 is 21.5 Å². The molecule has 3 rings (SSSR count). The van der Waals surface area contributed by atoms with Gasteiger partial charge < -0.3 is 14.6 Å². The van der Waals surface area contributed by atoms with Crippen LogP contribution in [0.1, 0.15) is 24.5 Å². The van der Waals surface area contributed by atoms with Crippen LogP contribution in [0.15, 0.2) is 47.4 Å². The topological polar surface area (TPSA) is 76.1 Å². The zero-order chi connectivity index (χ0) is 20.5. The molecule has 1 fully saturated rings. The fourth-order valence-electron chi connectivity index (χ4n) is 3.88. The van der Waals surface area contributed by atoms with Gasteiger partial charge in [-0.2, -0.15) is 4.31 Å². The van der Waals surface area contributed by atoms with Gasteiger partial charge in [0.25, 0.3) is 0 Å². The SMILES string of the molecule is CC[C@@]1(c2ccc(OC)c(OC)c2)CN(S(=O)(=O)c2ccc(C)cc2)C[C@H]1O. The fraction of sp³-hybridized carbons (Fsp3) is 0.429. The van der Waals surface area contributed by atoms with Crippen LogP contribution < -0.4 is 9.47 Å². The number of aliphatic hydroxyl groups is 1. The lowest BCUT2D eigenvalue weighted by Gasteiger charge is -2.32. The largest absolute Gasteiger partial charge is 0.493 e. The number of aliphatic hydroxyl groups excluding tert-OH is 1. The maximum Gasteiger partial charge on any atom is 0.243 e. The van der Waals surface area contributed by atoms with Crippen molar-refractivity contribution in [3.05, 3.63) is 53.6 Å². The first-order valence-corrected chi connectivity index (χ1v) is 10.7. The summed E-state index contributed by atoms with van der Waals surface area (Å²) in [6, 6.07) is 12.3. The molecule has 6 nitrogen and oxygen atoms in total. The zero-order valence-electron chi connectivity index (χ0n) is 16.7. The number of hydrogen-bond donors (Lipinski definition) is 1. The maximum atomic E-state index is 13.1. The average Bonchev–Trinajstić information content (AvgIpc) is 3.06. The van der Waals surface area contributed by atoms with E-state index in [1.165, 1.54) is 4.31 Å². The van der Waals surface area contributed by atoms with E-state index in [1.54, 1.807) is 44.6 Å². The number of nitrogens with zero attached hydrogens (tertiary/aromatic N) is 1. The second-order valence-electron chi connectivity index (χ2n) is 7.21. The quantitative estimate of drug-likeness (QED) is 0.800. The average molecular weight is 406 g/mol. The minimum atomic E-state index is -3.69. The molecule has 0 bridgehead atoms. The Morgan fingerprint density at radius 3 is 2.32 bits per heavy atom. The van der Waals surface area contributed by atoms with E-state index >= 15 is 0 Å². The first-order valence-electron chi connectivity index (χ1n) is 9.26. The molecule has 0 aliphatic carbocycles. The van der Waals surface area contributed by atoms with Gasteiger partial charge in [-0.25, -0.2) is 8.42 Å². The number of rotatable bonds is 6. The lowest BCUT2D eigenvalue weighted by atomic mass is 9.75. The Balaban J connectivity index is 1.99. The van der Waals surface area contributed by atoms with Crippen LogP contribution in [0.25, 0.3) is 0 Å². The van der Waals surface area contributed by atoms with Crippen molar-refractivity contribution < 1.29 is 23.0 Å². The highest BCUT2D eigenvalue weighted by molar-refractivity contribution is 7.89. The van der Waals surface area contributed by atoms with Crippen LogP contribution in [0.2, 0.25) is 0 Å². The lowest BCUT2D eigenvalue weighted by molar-refractivity contribution is 0.118. The van der Waals surface area contributed by atoms with Crippen LogP contribution >= 0.6 is 0 Å². The van der Waals surface area contributed by atoms with E-state index in [0.29, 0.717) is 17.9 Å². The van der Waals surface area contributed by atoms with Gasteiger partial charge in [-0.15, -0.1) is 0 Å². The maximum absolute atomic E-state index is 13.1. The Hall–Kier alpha value is -2.09. The molecule has 28 heavy (non-hydrogen) atoms. The molecule has 0 radical (unpaired) electrons. The zero-order valence-corrected chi connectivity index (χ0v) is 17.5. The minimum Gasteiger partial charge on any atom is -0.493 e. The predicted molar refractivity (Wildman–Crippen MR) is 107 cm³/mol. The molecule has 0 spiro atoms. The van der Waals surface area contributed by atoms with Gasteiger partial charge in [0.05, 0.1) is 25.2 Å². The molecule has 2 aromatic carbocycles. The third-order valence-electron chi connectivity index (χ3n) is 5.72. The summed E-state index contributed by atoms with van der Waals surface area (Å²) in [5.74, 6) is 1.15. The number of aryl methyl sites for hydroxylation is 1. The van der Waals surface area contributed by atoms with Crippen LogP contribution in [0.5, 0.6) is 11.5 Å². The fourth-order valence-corrected chi connectivity index (χ4v) is 5.39. The molecule has 152 valence electrons. The Labute approximate surface area is 166 Å². The van der Waals surface area contributed by atoms with Gasteiger partial charge in [0, 0.05) is 18.5 Å². The Morgan fingerprint density at radius 2 is 1.75 bits per heavy atom. The van der Waals surface area contributed by atoms with Crippen LogP contribution in [0, 0.1) is 6.92 Å². The van der Waals surface area contributed by atoms with Crippen molar-refractivity contribution in [2.24, 2.45) is 0 Å². The second-order valence-corrected chi connectivity index (χ2v) is 9.14. The molecule has 1 saturated heterocycles. The first-order chi connectivity index (χ1) is 13.3. The number of β-amino-alcohol motifs (C(OH)–C–C–N with tert-alkyl or cyclic N) is 1. The van der Waals surface area contributed by atoms with Gasteiger partial charge in [0.2, 0.25) is 10.0 Å². The molecule has 0 aromatic heterocycles. The summed E-state index contributed by atoms with van der Waals surface area (Å²) in [4.78, 5) is 0.240. The summed E-state index contributed by atoms with van der Waals surface area (Å²) in [5.41, 5.74) is 1.12. The number of sulfonamides is 1. The van der Waals surface area contributed by atoms with Crippen molar-refractivity contribution in [3.63, 3.8) is 0 Å². The molecule has 7 heteroatoms. The Bertz CT molecular complexity index is 942. The van der Waals surface area contributed by atoms with Crippen molar-refractivity contribution in [2.75, 3.05) is 27.3 Å². The van der Waals surface area contributed by atoms with Gasteiger partial charge >= 0.3 is 0 Å². The highest BCUT2D eigenvalue weighted by Gasteiger charge is 2.49. The lowest BCUT2D eigenvalue weighted by Crippen LogP contribution is -2.38. The first kappa shape index (κ1) is 20.6. The second kappa shape index (κ2) is 7.73. The third-order valence-corrected chi connectivity index (χ3v) is 7.55. The van der Waals surface area contributed by atoms with Gasteiger partial charge in [0.1, 0.15) is 0 Å². The molecule has 1 aliphatic heterocycles. The van der Waals surface area contributed by atoms with Crippen LogP contribution in [-0.2, 0) is 15.4 Å². The predicted octanol–water partition coefficient (Wildman–Crippen LogP) is 2.73. The molecular formula is C21H27NO5S. The van der Waals surface area contributed by atoms with Crippen molar-refractivity contribution in [1.82, 2.24) is 4.31 Å². The van der Waals surface area contributed by atoms with Crippen molar-refractivity contribution in [2.45, 2.75) is 36.7 Å². The molecule has 1 N–H and O–H groups in total. The van der Waals surface area contributed by atoms with E-state index in [1.807, 2.05) is 26.0 Å². The summed E-state index contributed by atoms with van der Waals surface area (Å²) >= 11 is 0. The Kier molecular flexibility index (Phi) is 5.70. The summed E-state index contributed by atoms with van der Waals surface area (Å²) in [6.07, 6.45) is -0.236. The van der Waals surface area contributed by atoms with Crippen LogP contribution in [0.3, 0.4) is 0 Å². The van der Waals surface area contributed by atoms with E-state index in [2.05, 4.69) is 0 Å². The van der Waals surface area contributed by atoms with Crippen molar-refractivity contribution in [1.29, 1.82) is 0 Å². The number of methoxy groups -OCH3 is 2. The summed E-state index contributed by atoms with van der Waals surface area (Å²) in [7, 11) is -0.571. The molecule has 2 atom stereocenters. The van der Waals surface area contributed by atoms with Gasteiger partial charge in [-0.1, -0.05) is 30.7 Å². The van der Waals surface area contributed by atoms with Crippen LogP contribution in [-0.4, -0.2) is 51.2 Å². The molecular weight excluding hydrogens is 378 g/mol. The van der Waals surface area contributed by atoms with Crippen molar-refractivity contribution >= 4 is 10.0 Å². The van der Waals surface area contributed by atoms with E-state index in [9.17, 15) is 13.5 Å². The molecule has 0 unspecified atom stereocenters. The van der Waals surface area contributed by atoms with Gasteiger partial charge in [0.15, 0.2) is 11.5 Å². The van der Waals surface area contributed by atoms with Crippen molar-refractivity contribution in [3.8, 4) is 11.5 Å². The molecule has 1 heterocycles. The van der Waals surface area contributed by atoms with E-state index in [-0.39, 0.29) is 18.0 Å². The molecule has 0 amide bonds. The highest BCUT2D eigenvalue weighted by Crippen LogP contribution is 2.42. The molecule has 0 saturated carbocycles. The summed E-state index contributed by atoms with van der Waals surface area (Å²) in [6.45, 7) is 4.13. The minimum absolute atomic E-state index is 0.0540. The normalized spacial score (nSPS) is 23.0. The third kappa shape index (κ3) is 3.38. The number of ether oxygens (including phenoxy) is 2. The number of benzene rings is 2. The smallest absolute Gasteiger partial charge is 0.243 e. The summed E-state index contributed by atoms with van der Waals surface area (Å²) < 4.78 is 38.3. The monoisotopic (exact) mass is 405 g/mol. The van der Waals surface area contributed by atoms with Gasteiger partial charge in [-0.05, 0) is 43.2 Å². The molecule has 2 aromatic rings. The van der Waals surface area contributed by atoms with Gasteiger partial charge in [-0.3, -0.25) is 0 Å². The number of hydrogen-bond acceptors (Lipinski definition) is 5. The van der Waals surface area contributed by atoms with E-state index in [4.69, 9.17) is 9.47 Å². The Morgan fingerprint density at radius 1 is 1.11 bits per heavy atom.